The molecule has 20 heavy (non-hydrogen) atoms. The standard InChI is InChI=1S/C14H24N2O4/c1-5-9(11(17)18)16(4)12(19)14(15)8-6-7-20-10(8)13(14,2)3/h8-10H,5-7,15H2,1-4H3,(H,17,18). The highest BCUT2D eigenvalue weighted by molar-refractivity contribution is 5.92. The molecule has 2 aliphatic rings. The summed E-state index contributed by atoms with van der Waals surface area (Å²) in [6, 6.07) is -0.833. The fourth-order valence-electron chi connectivity index (χ4n) is 3.87. The molecule has 0 bridgehead atoms. The molecule has 1 amide bonds. The number of amides is 1. The first kappa shape index (κ1) is 15.3. The van der Waals surface area contributed by atoms with Gasteiger partial charge in [-0.1, -0.05) is 20.8 Å². The van der Waals surface area contributed by atoms with Crippen molar-refractivity contribution in [2.75, 3.05) is 13.7 Å². The number of nitrogens with zero attached hydrogens (tertiary/aromatic N) is 1. The van der Waals surface area contributed by atoms with Crippen LogP contribution in [0.4, 0.5) is 0 Å². The number of nitrogens with two attached hydrogens (primary N) is 1. The van der Waals surface area contributed by atoms with Gasteiger partial charge in [-0.2, -0.15) is 0 Å². The van der Waals surface area contributed by atoms with E-state index in [1.807, 2.05) is 13.8 Å². The van der Waals surface area contributed by atoms with E-state index in [0.717, 1.165) is 6.42 Å². The monoisotopic (exact) mass is 284 g/mol. The zero-order valence-electron chi connectivity index (χ0n) is 12.5. The quantitative estimate of drug-likeness (QED) is 0.782. The largest absolute Gasteiger partial charge is 0.480 e. The Bertz CT molecular complexity index is 437. The van der Waals surface area contributed by atoms with Crippen LogP contribution in [0.15, 0.2) is 0 Å². The predicted octanol–water partition coefficient (Wildman–Crippen LogP) is 0.450. The van der Waals surface area contributed by atoms with Crippen LogP contribution in [0, 0.1) is 11.3 Å². The van der Waals surface area contributed by atoms with Crippen molar-refractivity contribution in [3.63, 3.8) is 0 Å². The average Bonchev–Trinajstić information content (AvgIpc) is 2.85. The fraction of sp³-hybridized carbons (Fsp3) is 0.857. The lowest BCUT2D eigenvalue weighted by Crippen LogP contribution is -2.80. The molecule has 1 aliphatic carbocycles. The van der Waals surface area contributed by atoms with Crippen molar-refractivity contribution in [2.45, 2.75) is 51.3 Å². The highest BCUT2D eigenvalue weighted by atomic mass is 16.5. The molecule has 1 saturated heterocycles. The van der Waals surface area contributed by atoms with Crippen LogP contribution < -0.4 is 5.73 Å². The first-order valence-corrected chi connectivity index (χ1v) is 7.10. The summed E-state index contributed by atoms with van der Waals surface area (Å²) in [4.78, 5) is 25.3. The topological polar surface area (TPSA) is 92.9 Å². The Hall–Kier alpha value is -1.14. The van der Waals surface area contributed by atoms with E-state index in [0.29, 0.717) is 13.0 Å². The summed E-state index contributed by atoms with van der Waals surface area (Å²) in [6.07, 6.45) is 1.11. The lowest BCUT2D eigenvalue weighted by Gasteiger charge is -2.61. The molecular weight excluding hydrogens is 260 g/mol. The second-order valence-electron chi connectivity index (χ2n) is 6.46. The number of hydrogen-bond donors (Lipinski definition) is 2. The number of carboxylic acids is 1. The Morgan fingerprint density at radius 2 is 2.10 bits per heavy atom. The Morgan fingerprint density at radius 3 is 2.60 bits per heavy atom. The molecule has 0 aromatic rings. The van der Waals surface area contributed by atoms with Gasteiger partial charge in [-0.25, -0.2) is 4.79 Å². The van der Waals surface area contributed by atoms with Gasteiger partial charge in [0.1, 0.15) is 11.6 Å². The number of fused-ring (bicyclic) bond motifs is 1. The number of hydrogen-bond acceptors (Lipinski definition) is 4. The van der Waals surface area contributed by atoms with E-state index in [1.165, 1.54) is 11.9 Å². The number of likely N-dealkylation sites (N-methyl/N-ethyl adjacent to an activating group) is 1. The Balaban J connectivity index is 2.26. The first-order chi connectivity index (χ1) is 9.19. The maximum absolute atomic E-state index is 12.8. The number of ether oxygens (including phenoxy) is 1. The van der Waals surface area contributed by atoms with E-state index in [9.17, 15) is 14.7 Å². The summed E-state index contributed by atoms with van der Waals surface area (Å²) in [5.41, 5.74) is 4.93. The van der Waals surface area contributed by atoms with Crippen molar-refractivity contribution < 1.29 is 19.4 Å². The summed E-state index contributed by atoms with van der Waals surface area (Å²) in [5, 5.41) is 9.21. The summed E-state index contributed by atoms with van der Waals surface area (Å²) >= 11 is 0. The maximum atomic E-state index is 12.8. The van der Waals surface area contributed by atoms with Crippen molar-refractivity contribution in [3.05, 3.63) is 0 Å². The van der Waals surface area contributed by atoms with E-state index in [2.05, 4.69) is 0 Å². The molecule has 0 aromatic carbocycles. The molecule has 2 fully saturated rings. The van der Waals surface area contributed by atoms with Gasteiger partial charge in [-0.3, -0.25) is 4.79 Å². The smallest absolute Gasteiger partial charge is 0.326 e. The number of carboxylic acid groups (broad SMARTS) is 1. The maximum Gasteiger partial charge on any atom is 0.326 e. The van der Waals surface area contributed by atoms with Crippen LogP contribution in [0.25, 0.3) is 0 Å². The Morgan fingerprint density at radius 1 is 1.50 bits per heavy atom. The van der Waals surface area contributed by atoms with Crippen LogP contribution in [0.1, 0.15) is 33.6 Å². The lowest BCUT2D eigenvalue weighted by atomic mass is 9.47. The Labute approximate surface area is 119 Å². The summed E-state index contributed by atoms with van der Waals surface area (Å²) < 4.78 is 5.66. The van der Waals surface area contributed by atoms with Crippen molar-refractivity contribution in [1.29, 1.82) is 0 Å². The van der Waals surface area contributed by atoms with Gasteiger partial charge in [-0.05, 0) is 12.8 Å². The van der Waals surface area contributed by atoms with Crippen LogP contribution >= 0.6 is 0 Å². The van der Waals surface area contributed by atoms with E-state index in [4.69, 9.17) is 10.5 Å². The van der Waals surface area contributed by atoms with Crippen molar-refractivity contribution in [3.8, 4) is 0 Å². The molecule has 4 atom stereocenters. The zero-order chi connectivity index (χ0) is 15.3. The van der Waals surface area contributed by atoms with Gasteiger partial charge < -0.3 is 20.5 Å². The Kier molecular flexibility index (Phi) is 3.59. The van der Waals surface area contributed by atoms with Gasteiger partial charge in [0.25, 0.3) is 0 Å². The van der Waals surface area contributed by atoms with Crippen LogP contribution in [0.2, 0.25) is 0 Å². The van der Waals surface area contributed by atoms with Crippen LogP contribution in [-0.2, 0) is 14.3 Å². The van der Waals surface area contributed by atoms with Gasteiger partial charge in [0, 0.05) is 25.0 Å². The number of carbonyl (C=O) groups is 2. The highest BCUT2D eigenvalue weighted by Gasteiger charge is 2.72. The molecule has 2 rings (SSSR count). The molecule has 6 nitrogen and oxygen atoms in total. The summed E-state index contributed by atoms with van der Waals surface area (Å²) in [6.45, 7) is 6.21. The van der Waals surface area contributed by atoms with Crippen LogP contribution in [0.5, 0.6) is 0 Å². The third-order valence-electron chi connectivity index (χ3n) is 5.27. The van der Waals surface area contributed by atoms with E-state index in [-0.39, 0.29) is 17.9 Å². The molecule has 6 heteroatoms. The molecule has 1 aliphatic heterocycles. The molecule has 3 N–H and O–H groups in total. The summed E-state index contributed by atoms with van der Waals surface area (Å²) in [5.74, 6) is -1.30. The molecule has 0 radical (unpaired) electrons. The number of carbonyl (C=O) groups excluding carboxylic acids is 1. The van der Waals surface area contributed by atoms with Gasteiger partial charge >= 0.3 is 5.97 Å². The second kappa shape index (κ2) is 4.70. The zero-order valence-corrected chi connectivity index (χ0v) is 12.5. The van der Waals surface area contributed by atoms with E-state index < -0.39 is 23.0 Å². The predicted molar refractivity (Wildman–Crippen MR) is 73.0 cm³/mol. The third kappa shape index (κ3) is 1.71. The molecular formula is C14H24N2O4. The minimum Gasteiger partial charge on any atom is -0.480 e. The lowest BCUT2D eigenvalue weighted by molar-refractivity contribution is -0.186. The molecule has 0 aromatic heterocycles. The normalized spacial score (nSPS) is 35.9. The molecule has 114 valence electrons. The minimum absolute atomic E-state index is 0.00486. The number of aliphatic carboxylic acids is 1. The van der Waals surface area contributed by atoms with Crippen molar-refractivity contribution >= 4 is 11.9 Å². The van der Waals surface area contributed by atoms with Gasteiger partial charge in [-0.15, -0.1) is 0 Å². The summed E-state index contributed by atoms with van der Waals surface area (Å²) in [7, 11) is 1.53. The van der Waals surface area contributed by atoms with Gasteiger partial charge in [0.15, 0.2) is 0 Å². The van der Waals surface area contributed by atoms with Gasteiger partial charge in [0.2, 0.25) is 5.91 Å². The minimum atomic E-state index is -1.04. The average molecular weight is 284 g/mol. The fourth-order valence-corrected chi connectivity index (χ4v) is 3.87. The van der Waals surface area contributed by atoms with Crippen LogP contribution in [0.3, 0.4) is 0 Å². The van der Waals surface area contributed by atoms with E-state index >= 15 is 0 Å². The van der Waals surface area contributed by atoms with Crippen molar-refractivity contribution in [2.24, 2.45) is 17.1 Å². The first-order valence-electron chi connectivity index (χ1n) is 7.10. The van der Waals surface area contributed by atoms with Crippen molar-refractivity contribution in [1.82, 2.24) is 4.90 Å². The SMILES string of the molecule is CCC(C(=O)O)N(C)C(=O)C1(N)C2CCOC2C1(C)C. The molecule has 4 unspecified atom stereocenters. The van der Waals surface area contributed by atoms with E-state index in [1.54, 1.807) is 6.92 Å². The number of rotatable bonds is 4. The highest BCUT2D eigenvalue weighted by Crippen LogP contribution is 2.58. The third-order valence-corrected chi connectivity index (χ3v) is 5.27. The molecule has 0 spiro atoms. The van der Waals surface area contributed by atoms with Crippen LogP contribution in [-0.4, -0.2) is 53.2 Å². The molecule has 1 heterocycles. The molecule has 1 saturated carbocycles. The van der Waals surface area contributed by atoms with Gasteiger partial charge in [0.05, 0.1) is 6.10 Å². The second-order valence-corrected chi connectivity index (χ2v) is 6.46.